The third-order valence-electron chi connectivity index (χ3n) is 2.71. The van der Waals surface area contributed by atoms with E-state index in [1.807, 2.05) is 18.2 Å². The lowest BCUT2D eigenvalue weighted by molar-refractivity contribution is 0.482. The number of fused-ring (bicyclic) bond motifs is 1. The molecule has 0 fully saturated rings. The molecule has 5 heteroatoms. The second-order valence-electron chi connectivity index (χ2n) is 3.84. The van der Waals surface area contributed by atoms with E-state index in [2.05, 4.69) is 20.9 Å². The van der Waals surface area contributed by atoms with E-state index in [1.54, 1.807) is 18.2 Å². The maximum Gasteiger partial charge on any atom is 0.260 e. The number of nitrogens with one attached hydrogen (secondary N) is 1. The van der Waals surface area contributed by atoms with Crippen LogP contribution in [-0.4, -0.2) is 10.1 Å². The number of hydrogen-bond acceptors (Lipinski definition) is 3. The Bertz CT molecular complexity index is 777. The number of aromatic hydroxyl groups is 1. The average Bonchev–Trinajstić information content (AvgIpc) is 2.71. The molecular weight excluding hydrogens is 314 g/mol. The molecule has 1 aromatic carbocycles. The zero-order valence-corrected chi connectivity index (χ0v) is 11.5. The van der Waals surface area contributed by atoms with Gasteiger partial charge in [0.2, 0.25) is 0 Å². The first kappa shape index (κ1) is 11.5. The van der Waals surface area contributed by atoms with Crippen LogP contribution in [0.25, 0.3) is 21.3 Å². The summed E-state index contributed by atoms with van der Waals surface area (Å²) in [6.07, 6.45) is 0. The summed E-state index contributed by atoms with van der Waals surface area (Å²) in [7, 11) is 0. The first-order valence-corrected chi connectivity index (χ1v) is 6.87. The molecule has 0 aliphatic rings. The topological polar surface area (TPSA) is 53.1 Å². The fourth-order valence-electron chi connectivity index (χ4n) is 1.91. The van der Waals surface area contributed by atoms with Gasteiger partial charge < -0.3 is 10.1 Å². The van der Waals surface area contributed by atoms with Crippen LogP contribution >= 0.6 is 27.3 Å². The van der Waals surface area contributed by atoms with Crippen LogP contribution in [0.1, 0.15) is 0 Å². The van der Waals surface area contributed by atoms with Gasteiger partial charge in [-0.15, -0.1) is 11.3 Å². The van der Waals surface area contributed by atoms with Gasteiger partial charge >= 0.3 is 0 Å². The number of pyridine rings is 1. The van der Waals surface area contributed by atoms with Gasteiger partial charge in [-0.25, -0.2) is 0 Å². The van der Waals surface area contributed by atoms with Crippen molar-refractivity contribution in [3.63, 3.8) is 0 Å². The fourth-order valence-corrected chi connectivity index (χ4v) is 3.41. The number of H-pyrrole nitrogens is 1. The third-order valence-corrected chi connectivity index (χ3v) is 4.26. The van der Waals surface area contributed by atoms with Crippen molar-refractivity contribution >= 4 is 37.5 Å². The molecule has 18 heavy (non-hydrogen) atoms. The molecule has 2 heterocycles. The number of hydrogen-bond donors (Lipinski definition) is 2. The molecule has 0 saturated heterocycles. The summed E-state index contributed by atoms with van der Waals surface area (Å²) in [5.41, 5.74) is 0.745. The van der Waals surface area contributed by atoms with Crippen LogP contribution in [0.15, 0.2) is 45.0 Å². The Morgan fingerprint density at radius 2 is 1.94 bits per heavy atom. The van der Waals surface area contributed by atoms with Gasteiger partial charge in [-0.3, -0.25) is 4.79 Å². The highest BCUT2D eigenvalue weighted by Crippen LogP contribution is 2.37. The van der Waals surface area contributed by atoms with E-state index < -0.39 is 0 Å². The smallest absolute Gasteiger partial charge is 0.260 e. The van der Waals surface area contributed by atoms with E-state index in [9.17, 15) is 9.90 Å². The zero-order chi connectivity index (χ0) is 12.7. The summed E-state index contributed by atoms with van der Waals surface area (Å²) in [6.45, 7) is 0. The molecule has 0 radical (unpaired) electrons. The van der Waals surface area contributed by atoms with Crippen molar-refractivity contribution in [2.75, 3.05) is 0 Å². The van der Waals surface area contributed by atoms with Crippen molar-refractivity contribution in [3.05, 3.63) is 50.5 Å². The van der Waals surface area contributed by atoms with Crippen LogP contribution in [0.4, 0.5) is 0 Å². The standard InChI is InChI=1S/C13H8BrNO2S/c14-9-6-8-11(16)10(7-4-2-1-3-5-7)12(17)15-13(8)18-9/h1-6H,(H2,15,16,17). The van der Waals surface area contributed by atoms with Crippen LogP contribution in [0.5, 0.6) is 5.75 Å². The van der Waals surface area contributed by atoms with E-state index in [4.69, 9.17) is 0 Å². The molecule has 0 amide bonds. The summed E-state index contributed by atoms with van der Waals surface area (Å²) < 4.78 is 0.869. The third kappa shape index (κ3) is 1.76. The largest absolute Gasteiger partial charge is 0.506 e. The maximum atomic E-state index is 12.0. The summed E-state index contributed by atoms with van der Waals surface area (Å²) in [5.74, 6) is 0.0295. The molecule has 0 aliphatic heterocycles. The minimum Gasteiger partial charge on any atom is -0.506 e. The van der Waals surface area contributed by atoms with E-state index in [-0.39, 0.29) is 11.3 Å². The Kier molecular flexibility index (Phi) is 2.72. The zero-order valence-electron chi connectivity index (χ0n) is 9.11. The normalized spacial score (nSPS) is 10.9. The van der Waals surface area contributed by atoms with Crippen LogP contribution in [0, 0.1) is 0 Å². The van der Waals surface area contributed by atoms with Gasteiger partial charge in [0.05, 0.1) is 14.7 Å². The van der Waals surface area contributed by atoms with Gasteiger partial charge in [-0.2, -0.15) is 0 Å². The van der Waals surface area contributed by atoms with Crippen LogP contribution in [0.2, 0.25) is 0 Å². The van der Waals surface area contributed by atoms with Crippen molar-refractivity contribution in [1.29, 1.82) is 0 Å². The second kappa shape index (κ2) is 4.26. The van der Waals surface area contributed by atoms with Crippen molar-refractivity contribution in [2.45, 2.75) is 0 Å². The SMILES string of the molecule is O=c1[nH]c2sc(Br)cc2c(O)c1-c1ccccc1. The quantitative estimate of drug-likeness (QED) is 0.717. The lowest BCUT2D eigenvalue weighted by Crippen LogP contribution is -2.08. The summed E-state index contributed by atoms with van der Waals surface area (Å²) in [6, 6.07) is 10.9. The maximum absolute atomic E-state index is 12.0. The molecule has 0 aliphatic carbocycles. The van der Waals surface area contributed by atoms with E-state index in [0.717, 1.165) is 3.79 Å². The van der Waals surface area contributed by atoms with Gasteiger partial charge in [0.25, 0.3) is 5.56 Å². The van der Waals surface area contributed by atoms with Gasteiger partial charge in [0, 0.05) is 0 Å². The highest BCUT2D eigenvalue weighted by molar-refractivity contribution is 9.11. The predicted molar refractivity (Wildman–Crippen MR) is 77.2 cm³/mol. The average molecular weight is 322 g/mol. The first-order valence-electron chi connectivity index (χ1n) is 5.26. The minimum absolute atomic E-state index is 0.0295. The number of aromatic amines is 1. The molecule has 3 nitrogen and oxygen atoms in total. The van der Waals surface area contributed by atoms with Gasteiger partial charge in [0.1, 0.15) is 10.6 Å². The predicted octanol–water partition coefficient (Wildman–Crippen LogP) is 3.72. The molecular formula is C13H8BrNO2S. The fraction of sp³-hybridized carbons (Fsp3) is 0. The van der Waals surface area contributed by atoms with E-state index >= 15 is 0 Å². The van der Waals surface area contributed by atoms with Gasteiger partial charge in [-0.05, 0) is 27.6 Å². The molecule has 90 valence electrons. The van der Waals surface area contributed by atoms with E-state index in [0.29, 0.717) is 21.3 Å². The highest BCUT2D eigenvalue weighted by atomic mass is 79.9. The van der Waals surface area contributed by atoms with Crippen LogP contribution in [-0.2, 0) is 0 Å². The number of thiophene rings is 1. The molecule has 2 N–H and O–H groups in total. The van der Waals surface area contributed by atoms with Gasteiger partial charge in [-0.1, -0.05) is 30.3 Å². The summed E-state index contributed by atoms with van der Waals surface area (Å²) in [4.78, 5) is 15.5. The Balaban J connectivity index is 2.40. The number of halogens is 1. The Morgan fingerprint density at radius 3 is 2.67 bits per heavy atom. The second-order valence-corrected chi connectivity index (χ2v) is 6.27. The Labute approximate surface area is 115 Å². The van der Waals surface area contributed by atoms with Crippen LogP contribution < -0.4 is 5.56 Å². The molecule has 0 spiro atoms. The molecule has 3 rings (SSSR count). The molecule has 3 aromatic rings. The van der Waals surface area contributed by atoms with Crippen LogP contribution in [0.3, 0.4) is 0 Å². The van der Waals surface area contributed by atoms with E-state index in [1.165, 1.54) is 11.3 Å². The number of benzene rings is 1. The van der Waals surface area contributed by atoms with Crippen molar-refractivity contribution in [3.8, 4) is 16.9 Å². The number of rotatable bonds is 1. The Hall–Kier alpha value is -1.59. The van der Waals surface area contributed by atoms with Crippen molar-refractivity contribution in [2.24, 2.45) is 0 Å². The molecule has 0 unspecified atom stereocenters. The lowest BCUT2D eigenvalue weighted by atomic mass is 10.1. The monoisotopic (exact) mass is 321 g/mol. The lowest BCUT2D eigenvalue weighted by Gasteiger charge is -2.04. The summed E-state index contributed by atoms with van der Waals surface area (Å²) >= 11 is 4.73. The van der Waals surface area contributed by atoms with Crippen molar-refractivity contribution in [1.82, 2.24) is 4.98 Å². The highest BCUT2D eigenvalue weighted by Gasteiger charge is 2.15. The minimum atomic E-state index is -0.277. The van der Waals surface area contributed by atoms with Crippen molar-refractivity contribution < 1.29 is 5.11 Å². The molecule has 2 aromatic heterocycles. The molecule has 0 atom stereocenters. The first-order chi connectivity index (χ1) is 8.66. The summed E-state index contributed by atoms with van der Waals surface area (Å²) in [5, 5.41) is 10.9. The number of aromatic nitrogens is 1. The Morgan fingerprint density at radius 1 is 1.22 bits per heavy atom. The molecule has 0 saturated carbocycles. The molecule has 0 bridgehead atoms. The van der Waals surface area contributed by atoms with Gasteiger partial charge in [0.15, 0.2) is 0 Å².